The predicted molar refractivity (Wildman–Crippen MR) is 62.8 cm³/mol. The van der Waals surface area contributed by atoms with E-state index in [9.17, 15) is 9.59 Å². The SMILES string of the molecule is CNC(=O)C(C)(C)CNC(=O)C1(C#N)CCC1. The summed E-state index contributed by atoms with van der Waals surface area (Å²) in [6.45, 7) is 3.76. The molecule has 0 aromatic rings. The van der Waals surface area contributed by atoms with E-state index in [1.807, 2.05) is 0 Å². The summed E-state index contributed by atoms with van der Waals surface area (Å²) in [6.07, 6.45) is 2.16. The number of hydrogen-bond acceptors (Lipinski definition) is 3. The third kappa shape index (κ3) is 2.57. The fraction of sp³-hybridized carbons (Fsp3) is 0.750. The Labute approximate surface area is 102 Å². The molecule has 1 fully saturated rings. The van der Waals surface area contributed by atoms with E-state index >= 15 is 0 Å². The lowest BCUT2D eigenvalue weighted by Gasteiger charge is -2.34. The summed E-state index contributed by atoms with van der Waals surface area (Å²) in [4.78, 5) is 23.4. The Hall–Kier alpha value is -1.57. The first-order valence-electron chi connectivity index (χ1n) is 5.80. The zero-order chi connectivity index (χ0) is 13.1. The zero-order valence-electron chi connectivity index (χ0n) is 10.6. The molecule has 5 nitrogen and oxygen atoms in total. The Morgan fingerprint density at radius 3 is 2.35 bits per heavy atom. The summed E-state index contributed by atoms with van der Waals surface area (Å²) in [5, 5.41) is 14.3. The average Bonchev–Trinajstić information content (AvgIpc) is 2.24. The molecule has 0 atom stereocenters. The number of amides is 2. The summed E-state index contributed by atoms with van der Waals surface area (Å²) in [6, 6.07) is 2.08. The molecule has 1 saturated carbocycles. The van der Waals surface area contributed by atoms with Crippen LogP contribution in [-0.4, -0.2) is 25.4 Å². The van der Waals surface area contributed by atoms with Gasteiger partial charge in [-0.05, 0) is 33.1 Å². The van der Waals surface area contributed by atoms with Crippen molar-refractivity contribution in [2.24, 2.45) is 10.8 Å². The molecule has 0 bridgehead atoms. The van der Waals surface area contributed by atoms with Crippen LogP contribution in [0, 0.1) is 22.2 Å². The molecule has 0 saturated heterocycles. The smallest absolute Gasteiger partial charge is 0.240 e. The second kappa shape index (κ2) is 4.74. The van der Waals surface area contributed by atoms with Crippen molar-refractivity contribution in [3.63, 3.8) is 0 Å². The van der Waals surface area contributed by atoms with Crippen molar-refractivity contribution >= 4 is 11.8 Å². The predicted octanol–water partition coefficient (Wildman–Crippen LogP) is 0.569. The second-order valence-corrected chi connectivity index (χ2v) is 5.19. The van der Waals surface area contributed by atoms with E-state index in [-0.39, 0.29) is 18.4 Å². The molecular weight excluding hydrogens is 218 g/mol. The van der Waals surface area contributed by atoms with Crippen molar-refractivity contribution in [1.82, 2.24) is 10.6 Å². The van der Waals surface area contributed by atoms with Gasteiger partial charge in [0.15, 0.2) is 0 Å². The average molecular weight is 237 g/mol. The molecule has 2 N–H and O–H groups in total. The van der Waals surface area contributed by atoms with Gasteiger partial charge in [-0.25, -0.2) is 0 Å². The van der Waals surface area contributed by atoms with Crippen LogP contribution < -0.4 is 10.6 Å². The largest absolute Gasteiger partial charge is 0.359 e. The number of nitriles is 1. The minimum Gasteiger partial charge on any atom is -0.359 e. The molecule has 5 heteroatoms. The zero-order valence-corrected chi connectivity index (χ0v) is 10.6. The summed E-state index contributed by atoms with van der Waals surface area (Å²) >= 11 is 0. The molecule has 1 aliphatic rings. The van der Waals surface area contributed by atoms with Gasteiger partial charge < -0.3 is 10.6 Å². The molecule has 17 heavy (non-hydrogen) atoms. The van der Waals surface area contributed by atoms with Gasteiger partial charge in [0.25, 0.3) is 0 Å². The Morgan fingerprint density at radius 2 is 2.00 bits per heavy atom. The molecule has 0 aliphatic heterocycles. The maximum atomic E-state index is 11.9. The summed E-state index contributed by atoms with van der Waals surface area (Å²) in [5.74, 6) is -0.374. The maximum absolute atomic E-state index is 11.9. The molecule has 1 aliphatic carbocycles. The van der Waals surface area contributed by atoms with Crippen LogP contribution in [0.1, 0.15) is 33.1 Å². The van der Waals surface area contributed by atoms with E-state index in [0.717, 1.165) is 6.42 Å². The number of rotatable bonds is 4. The van der Waals surface area contributed by atoms with Gasteiger partial charge in [0.1, 0.15) is 5.41 Å². The Bertz CT molecular complexity index is 364. The highest BCUT2D eigenvalue weighted by molar-refractivity contribution is 5.87. The second-order valence-electron chi connectivity index (χ2n) is 5.19. The fourth-order valence-electron chi connectivity index (χ4n) is 1.81. The van der Waals surface area contributed by atoms with Crippen LogP contribution in [-0.2, 0) is 9.59 Å². The van der Waals surface area contributed by atoms with Crippen LogP contribution in [0.4, 0.5) is 0 Å². The van der Waals surface area contributed by atoms with Gasteiger partial charge in [0.2, 0.25) is 11.8 Å². The van der Waals surface area contributed by atoms with Crippen LogP contribution in [0.2, 0.25) is 0 Å². The van der Waals surface area contributed by atoms with E-state index in [2.05, 4.69) is 16.7 Å². The molecule has 0 unspecified atom stereocenters. The third-order valence-corrected chi connectivity index (χ3v) is 3.39. The lowest BCUT2D eigenvalue weighted by Crippen LogP contribution is -2.50. The number of nitrogens with zero attached hydrogens (tertiary/aromatic N) is 1. The van der Waals surface area contributed by atoms with Crippen LogP contribution in [0.25, 0.3) is 0 Å². The van der Waals surface area contributed by atoms with Crippen LogP contribution in [0.5, 0.6) is 0 Å². The molecule has 0 aromatic carbocycles. The Balaban J connectivity index is 2.54. The van der Waals surface area contributed by atoms with Crippen molar-refractivity contribution < 1.29 is 9.59 Å². The minimum atomic E-state index is -0.848. The minimum absolute atomic E-state index is 0.127. The summed E-state index contributed by atoms with van der Waals surface area (Å²) in [7, 11) is 1.56. The first-order chi connectivity index (χ1) is 7.88. The van der Waals surface area contributed by atoms with Gasteiger partial charge in [-0.2, -0.15) is 5.26 Å². The maximum Gasteiger partial charge on any atom is 0.240 e. The van der Waals surface area contributed by atoms with E-state index in [1.54, 1.807) is 20.9 Å². The van der Waals surface area contributed by atoms with Crippen molar-refractivity contribution in [1.29, 1.82) is 5.26 Å². The van der Waals surface area contributed by atoms with Crippen molar-refractivity contribution in [2.45, 2.75) is 33.1 Å². The van der Waals surface area contributed by atoms with E-state index < -0.39 is 10.8 Å². The summed E-state index contributed by atoms with van der Waals surface area (Å²) < 4.78 is 0. The van der Waals surface area contributed by atoms with Crippen LogP contribution in [0.15, 0.2) is 0 Å². The molecule has 2 amide bonds. The van der Waals surface area contributed by atoms with Gasteiger partial charge >= 0.3 is 0 Å². The van der Waals surface area contributed by atoms with Crippen LogP contribution >= 0.6 is 0 Å². The molecule has 0 aromatic heterocycles. The van der Waals surface area contributed by atoms with E-state index in [1.165, 1.54) is 0 Å². The highest BCUT2D eigenvalue weighted by atomic mass is 16.2. The normalized spacial score (nSPS) is 17.5. The number of carbonyl (C=O) groups is 2. The first kappa shape index (κ1) is 13.5. The quantitative estimate of drug-likeness (QED) is 0.750. The molecule has 0 heterocycles. The number of carbonyl (C=O) groups excluding carboxylic acids is 2. The molecule has 0 spiro atoms. The van der Waals surface area contributed by atoms with Crippen molar-refractivity contribution in [3.8, 4) is 6.07 Å². The molecule has 94 valence electrons. The summed E-state index contributed by atoms with van der Waals surface area (Å²) in [5.41, 5.74) is -1.51. The fourth-order valence-corrected chi connectivity index (χ4v) is 1.81. The lowest BCUT2D eigenvalue weighted by molar-refractivity contribution is -0.133. The van der Waals surface area contributed by atoms with Gasteiger partial charge in [0, 0.05) is 13.6 Å². The van der Waals surface area contributed by atoms with Gasteiger partial charge in [0.05, 0.1) is 11.5 Å². The highest BCUT2D eigenvalue weighted by Crippen LogP contribution is 2.40. The molecular formula is C12H19N3O2. The molecule has 1 rings (SSSR count). The van der Waals surface area contributed by atoms with Gasteiger partial charge in [-0.15, -0.1) is 0 Å². The Kier molecular flexibility index (Phi) is 3.76. The Morgan fingerprint density at radius 1 is 1.41 bits per heavy atom. The molecule has 0 radical (unpaired) electrons. The third-order valence-electron chi connectivity index (χ3n) is 3.39. The number of nitrogens with one attached hydrogen (secondary N) is 2. The topological polar surface area (TPSA) is 82.0 Å². The van der Waals surface area contributed by atoms with E-state index in [4.69, 9.17) is 5.26 Å². The van der Waals surface area contributed by atoms with E-state index in [0.29, 0.717) is 12.8 Å². The first-order valence-corrected chi connectivity index (χ1v) is 5.80. The monoisotopic (exact) mass is 237 g/mol. The van der Waals surface area contributed by atoms with Crippen molar-refractivity contribution in [2.75, 3.05) is 13.6 Å². The highest BCUT2D eigenvalue weighted by Gasteiger charge is 2.45. The number of hydrogen-bond donors (Lipinski definition) is 2. The van der Waals surface area contributed by atoms with Crippen molar-refractivity contribution in [3.05, 3.63) is 0 Å². The van der Waals surface area contributed by atoms with Gasteiger partial charge in [-0.1, -0.05) is 0 Å². The van der Waals surface area contributed by atoms with Crippen LogP contribution in [0.3, 0.4) is 0 Å². The lowest BCUT2D eigenvalue weighted by atomic mass is 9.69. The van der Waals surface area contributed by atoms with Gasteiger partial charge in [-0.3, -0.25) is 9.59 Å². The standard InChI is InChI=1S/C12H19N3O2/c1-11(2,9(16)14-3)8-15-10(17)12(7-13)5-4-6-12/h4-6,8H2,1-3H3,(H,14,16)(H,15,17).